The molecule has 35 heavy (non-hydrogen) atoms. The molecule has 0 spiro atoms. The van der Waals surface area contributed by atoms with Gasteiger partial charge in [0.25, 0.3) is 0 Å². The highest BCUT2D eigenvalue weighted by atomic mass is 16.5. The number of methoxy groups -OCH3 is 1. The van der Waals surface area contributed by atoms with Crippen LogP contribution in [0.2, 0.25) is 0 Å². The van der Waals surface area contributed by atoms with Crippen LogP contribution in [0.3, 0.4) is 0 Å². The van der Waals surface area contributed by atoms with E-state index in [1.165, 1.54) is 6.07 Å². The van der Waals surface area contributed by atoms with Crippen molar-refractivity contribution in [1.29, 1.82) is 0 Å². The van der Waals surface area contributed by atoms with E-state index < -0.39 is 5.78 Å². The monoisotopic (exact) mass is 474 g/mol. The van der Waals surface area contributed by atoms with Crippen LogP contribution in [-0.4, -0.2) is 60.1 Å². The summed E-state index contributed by atoms with van der Waals surface area (Å²) in [5, 5.41) is 21.2. The number of nitrogens with zero attached hydrogens (tertiary/aromatic N) is 2. The van der Waals surface area contributed by atoms with E-state index >= 15 is 0 Å². The minimum Gasteiger partial charge on any atom is -0.508 e. The van der Waals surface area contributed by atoms with Crippen LogP contribution in [0.4, 0.5) is 5.69 Å². The summed E-state index contributed by atoms with van der Waals surface area (Å²) in [6.07, 6.45) is 0.340. The van der Waals surface area contributed by atoms with Crippen LogP contribution in [-0.2, 0) is 17.6 Å². The fourth-order valence-corrected chi connectivity index (χ4v) is 4.59. The summed E-state index contributed by atoms with van der Waals surface area (Å²) >= 11 is 0. The summed E-state index contributed by atoms with van der Waals surface area (Å²) < 4.78 is 5.16. The summed E-state index contributed by atoms with van der Waals surface area (Å²) in [5.41, 5.74) is 2.41. The van der Waals surface area contributed by atoms with Gasteiger partial charge in [0.05, 0.1) is 19.1 Å². The van der Waals surface area contributed by atoms with Gasteiger partial charge in [-0.1, -0.05) is 25.1 Å². The molecule has 182 valence electrons. The number of benzene rings is 3. The Morgan fingerprint density at radius 1 is 0.886 bits per heavy atom. The summed E-state index contributed by atoms with van der Waals surface area (Å²) in [7, 11) is 1.54. The highest BCUT2D eigenvalue weighted by molar-refractivity contribution is 6.12. The third kappa shape index (κ3) is 5.09. The third-order valence-corrected chi connectivity index (χ3v) is 6.52. The molecule has 1 aliphatic rings. The minimum atomic E-state index is -0.406. The smallest absolute Gasteiger partial charge is 0.227 e. The van der Waals surface area contributed by atoms with E-state index in [0.717, 1.165) is 5.69 Å². The predicted octanol–water partition coefficient (Wildman–Crippen LogP) is 3.79. The highest BCUT2D eigenvalue weighted by Gasteiger charge is 2.28. The number of para-hydroxylation sites is 1. The third-order valence-electron chi connectivity index (χ3n) is 6.52. The molecular weight excluding hydrogens is 444 g/mol. The van der Waals surface area contributed by atoms with Crippen LogP contribution < -0.4 is 9.64 Å². The lowest BCUT2D eigenvalue weighted by atomic mass is 9.89. The Morgan fingerprint density at radius 2 is 1.54 bits per heavy atom. The van der Waals surface area contributed by atoms with E-state index in [4.69, 9.17) is 4.74 Å². The number of phenolic OH excluding ortho intramolecular Hbond substituents is 2. The number of phenols is 2. The molecule has 0 saturated carbocycles. The van der Waals surface area contributed by atoms with Gasteiger partial charge in [-0.25, -0.2) is 0 Å². The molecule has 0 atom stereocenters. The first-order valence-corrected chi connectivity index (χ1v) is 11.8. The summed E-state index contributed by atoms with van der Waals surface area (Å²) in [4.78, 5) is 30.7. The highest BCUT2D eigenvalue weighted by Crippen LogP contribution is 2.35. The average molecular weight is 475 g/mol. The molecule has 1 aliphatic heterocycles. The second kappa shape index (κ2) is 10.5. The second-order valence-electron chi connectivity index (χ2n) is 8.54. The molecule has 1 saturated heterocycles. The molecule has 0 bridgehead atoms. The molecule has 1 amide bonds. The van der Waals surface area contributed by atoms with Crippen LogP contribution in [0, 0.1) is 0 Å². The first kappa shape index (κ1) is 24.1. The largest absolute Gasteiger partial charge is 0.508 e. The maximum absolute atomic E-state index is 13.4. The van der Waals surface area contributed by atoms with Gasteiger partial charge in [0, 0.05) is 43.5 Å². The number of carbonyl (C=O) groups is 2. The lowest BCUT2D eigenvalue weighted by Crippen LogP contribution is -2.49. The van der Waals surface area contributed by atoms with Gasteiger partial charge in [0.15, 0.2) is 5.78 Å². The Morgan fingerprint density at radius 3 is 2.14 bits per heavy atom. The SMILES string of the molecule is CCc1c(O)cc(O)c(C(=O)c2ccc(OC)cc2)c1CC(=O)N1CCN(c2ccccc2)CC1. The Kier molecular flexibility index (Phi) is 7.25. The van der Waals surface area contributed by atoms with Crippen molar-refractivity contribution in [1.82, 2.24) is 4.90 Å². The van der Waals surface area contributed by atoms with Gasteiger partial charge < -0.3 is 24.7 Å². The number of rotatable bonds is 7. The molecule has 7 heteroatoms. The summed E-state index contributed by atoms with van der Waals surface area (Å²) in [5.74, 6) is -0.390. The maximum atomic E-state index is 13.4. The van der Waals surface area contributed by atoms with Crippen molar-refractivity contribution in [2.45, 2.75) is 19.8 Å². The molecule has 7 nitrogen and oxygen atoms in total. The van der Waals surface area contributed by atoms with E-state index in [9.17, 15) is 19.8 Å². The first-order chi connectivity index (χ1) is 16.9. The van der Waals surface area contributed by atoms with Crippen molar-refractivity contribution < 1.29 is 24.5 Å². The van der Waals surface area contributed by atoms with E-state index in [-0.39, 0.29) is 29.4 Å². The number of piperazine rings is 1. The Hall–Kier alpha value is -4.00. The number of hydrogen-bond acceptors (Lipinski definition) is 6. The summed E-state index contributed by atoms with van der Waals surface area (Å²) in [6.45, 7) is 4.38. The Balaban J connectivity index is 1.58. The van der Waals surface area contributed by atoms with Crippen molar-refractivity contribution in [3.05, 3.63) is 82.9 Å². The normalized spacial score (nSPS) is 13.5. The molecule has 1 fully saturated rings. The molecule has 2 N–H and O–H groups in total. The zero-order valence-corrected chi connectivity index (χ0v) is 20.0. The number of ether oxygens (including phenoxy) is 1. The number of anilines is 1. The first-order valence-electron chi connectivity index (χ1n) is 11.8. The summed E-state index contributed by atoms with van der Waals surface area (Å²) in [6, 6.07) is 17.8. The van der Waals surface area contributed by atoms with E-state index in [1.807, 2.05) is 25.1 Å². The lowest BCUT2D eigenvalue weighted by molar-refractivity contribution is -0.130. The van der Waals surface area contributed by atoms with Gasteiger partial charge in [0.2, 0.25) is 5.91 Å². The molecule has 3 aromatic rings. The number of carbonyl (C=O) groups excluding carboxylic acids is 2. The molecule has 0 aromatic heterocycles. The Bertz CT molecular complexity index is 1200. The van der Waals surface area contributed by atoms with Crippen LogP contribution in [0.5, 0.6) is 17.2 Å². The standard InChI is InChI=1S/C28H30N2O5/c1-3-22-23(17-26(33)30-15-13-29(14-16-30)20-7-5-4-6-8-20)27(25(32)18-24(22)31)28(34)19-9-11-21(35-2)12-10-19/h4-12,18,31-32H,3,13-17H2,1-2H3. The zero-order chi connectivity index (χ0) is 24.9. The van der Waals surface area contributed by atoms with Crippen LogP contribution >= 0.6 is 0 Å². The zero-order valence-electron chi connectivity index (χ0n) is 20.0. The second-order valence-corrected chi connectivity index (χ2v) is 8.54. The van der Waals surface area contributed by atoms with E-state index in [0.29, 0.717) is 55.0 Å². The molecule has 0 radical (unpaired) electrons. The van der Waals surface area contributed by atoms with Gasteiger partial charge in [-0.15, -0.1) is 0 Å². The van der Waals surface area contributed by atoms with Gasteiger partial charge in [0.1, 0.15) is 17.2 Å². The van der Waals surface area contributed by atoms with Crippen LogP contribution in [0.25, 0.3) is 0 Å². The fraction of sp³-hybridized carbons (Fsp3) is 0.286. The quantitative estimate of drug-likeness (QED) is 0.507. The topological polar surface area (TPSA) is 90.3 Å². The average Bonchev–Trinajstić information content (AvgIpc) is 2.89. The number of aromatic hydroxyl groups is 2. The molecule has 3 aromatic carbocycles. The van der Waals surface area contributed by atoms with Gasteiger partial charge in [-0.3, -0.25) is 9.59 Å². The minimum absolute atomic E-state index is 0.0566. The van der Waals surface area contributed by atoms with Crippen molar-refractivity contribution in [2.75, 3.05) is 38.2 Å². The lowest BCUT2D eigenvalue weighted by Gasteiger charge is -2.36. The van der Waals surface area contributed by atoms with E-state index in [1.54, 1.807) is 36.3 Å². The molecular formula is C28H30N2O5. The number of amides is 1. The number of hydrogen-bond donors (Lipinski definition) is 2. The van der Waals surface area contributed by atoms with Crippen molar-refractivity contribution >= 4 is 17.4 Å². The predicted molar refractivity (Wildman–Crippen MR) is 135 cm³/mol. The van der Waals surface area contributed by atoms with Gasteiger partial charge in [-0.2, -0.15) is 0 Å². The maximum Gasteiger partial charge on any atom is 0.227 e. The molecule has 1 heterocycles. The van der Waals surface area contributed by atoms with Gasteiger partial charge >= 0.3 is 0 Å². The van der Waals surface area contributed by atoms with Gasteiger partial charge in [-0.05, 0) is 53.9 Å². The van der Waals surface area contributed by atoms with Crippen LogP contribution in [0.1, 0.15) is 34.0 Å². The number of ketones is 1. The van der Waals surface area contributed by atoms with Crippen LogP contribution in [0.15, 0.2) is 60.7 Å². The van der Waals surface area contributed by atoms with Crippen molar-refractivity contribution in [3.8, 4) is 17.2 Å². The Labute approximate surface area is 205 Å². The van der Waals surface area contributed by atoms with Crippen molar-refractivity contribution in [3.63, 3.8) is 0 Å². The van der Waals surface area contributed by atoms with E-state index in [2.05, 4.69) is 17.0 Å². The molecule has 0 aliphatic carbocycles. The molecule has 4 rings (SSSR count). The molecule has 0 unspecified atom stereocenters. The van der Waals surface area contributed by atoms with Crippen molar-refractivity contribution in [2.24, 2.45) is 0 Å². The fourth-order valence-electron chi connectivity index (χ4n) is 4.59.